The van der Waals surface area contributed by atoms with Crippen LogP contribution in [0.1, 0.15) is 44.7 Å². The van der Waals surface area contributed by atoms with Crippen molar-refractivity contribution < 1.29 is 0 Å². The van der Waals surface area contributed by atoms with E-state index in [4.69, 9.17) is 16.9 Å². The lowest BCUT2D eigenvalue weighted by Crippen LogP contribution is -2.04. The highest BCUT2D eigenvalue weighted by atomic mass is 35.5. The van der Waals surface area contributed by atoms with Gasteiger partial charge < -0.3 is 0 Å². The van der Waals surface area contributed by atoms with Crippen LogP contribution in [0.15, 0.2) is 18.2 Å². The van der Waals surface area contributed by atoms with Crippen molar-refractivity contribution in [3.63, 3.8) is 0 Å². The molecule has 2 rings (SSSR count). The number of benzene rings is 1. The lowest BCUT2D eigenvalue weighted by atomic mass is 9.95. The van der Waals surface area contributed by atoms with E-state index in [0.29, 0.717) is 5.02 Å². The van der Waals surface area contributed by atoms with Gasteiger partial charge in [0.2, 0.25) is 0 Å². The summed E-state index contributed by atoms with van der Waals surface area (Å²) < 4.78 is 0. The minimum Gasteiger partial charge on any atom is -0.197 e. The molecule has 0 N–H and O–H groups in total. The second-order valence-electron chi connectivity index (χ2n) is 4.05. The van der Waals surface area contributed by atoms with Crippen LogP contribution in [-0.2, 0) is 5.41 Å². The summed E-state index contributed by atoms with van der Waals surface area (Å²) in [7, 11) is 3.49. The fraction of sp³-hybridized carbons (Fsp3) is 0.429. The Morgan fingerprint density at radius 1 is 1.35 bits per heavy atom. The summed E-state index contributed by atoms with van der Waals surface area (Å²) in [6, 6.07) is 8.23. The van der Waals surface area contributed by atoms with Gasteiger partial charge >= 0.3 is 0 Å². The molecular formula is C14H17ClNP. The van der Waals surface area contributed by atoms with E-state index in [9.17, 15) is 0 Å². The Labute approximate surface area is 111 Å². The van der Waals surface area contributed by atoms with Crippen molar-refractivity contribution in [2.45, 2.75) is 39.0 Å². The second-order valence-corrected chi connectivity index (χ2v) is 5.23. The minimum absolute atomic E-state index is 0.263. The van der Waals surface area contributed by atoms with E-state index in [-0.39, 0.29) is 5.41 Å². The molecule has 0 unspecified atom stereocenters. The Morgan fingerprint density at radius 2 is 1.94 bits per heavy atom. The summed E-state index contributed by atoms with van der Waals surface area (Å²) in [5, 5.41) is 10.8. The Bertz CT molecular complexity index is 470. The maximum absolute atomic E-state index is 9.12. The molecule has 1 fully saturated rings. The quantitative estimate of drug-likeness (QED) is 0.717. The van der Waals surface area contributed by atoms with Crippen molar-refractivity contribution in [1.82, 2.24) is 0 Å². The van der Waals surface area contributed by atoms with Crippen molar-refractivity contribution in [3.8, 4) is 6.07 Å². The highest BCUT2D eigenvalue weighted by Crippen LogP contribution is 2.48. The van der Waals surface area contributed by atoms with Crippen molar-refractivity contribution >= 4 is 25.8 Å². The molecule has 0 spiro atoms. The number of halogens is 1. The topological polar surface area (TPSA) is 23.8 Å². The molecule has 1 aromatic rings. The van der Waals surface area contributed by atoms with Gasteiger partial charge in [0.05, 0.1) is 11.5 Å². The van der Waals surface area contributed by atoms with Crippen molar-refractivity contribution in [2.75, 3.05) is 0 Å². The highest BCUT2D eigenvalue weighted by molar-refractivity contribution is 7.22. The van der Waals surface area contributed by atoms with E-state index in [1.807, 2.05) is 39.0 Å². The smallest absolute Gasteiger partial charge is 0.0824 e. The molecule has 17 heavy (non-hydrogen) atoms. The summed E-state index contributed by atoms with van der Waals surface area (Å²) in [4.78, 5) is 0. The average molecular weight is 266 g/mol. The molecule has 0 aromatic heterocycles. The SMILES string of the molecule is CC.CC(=P)c1cc(Cl)cc(C2(C#N)CC2)c1. The van der Waals surface area contributed by atoms with E-state index in [2.05, 4.69) is 14.9 Å². The number of hydrogen-bond donors (Lipinski definition) is 0. The van der Waals surface area contributed by atoms with Gasteiger partial charge in [-0.2, -0.15) is 5.26 Å². The van der Waals surface area contributed by atoms with Crippen molar-refractivity contribution in [1.29, 1.82) is 5.26 Å². The van der Waals surface area contributed by atoms with Gasteiger partial charge in [-0.1, -0.05) is 25.4 Å². The standard InChI is InChI=1S/C12H11ClNP.C2H6/c1-8(15)9-4-10(6-11(13)5-9)12(7-14)2-3-12;1-2/h4-6,15H,2-3H2,1H3;1-2H3. The van der Waals surface area contributed by atoms with Crippen LogP contribution in [0.2, 0.25) is 5.02 Å². The lowest BCUT2D eigenvalue weighted by molar-refractivity contribution is 0.908. The molecule has 3 heteroatoms. The summed E-state index contributed by atoms with van der Waals surface area (Å²) in [5.41, 5.74) is 1.84. The first kappa shape index (κ1) is 14.2. The molecule has 1 nitrogen and oxygen atoms in total. The van der Waals surface area contributed by atoms with Crippen LogP contribution in [0, 0.1) is 11.3 Å². The largest absolute Gasteiger partial charge is 0.197 e. The van der Waals surface area contributed by atoms with Crippen LogP contribution < -0.4 is 0 Å². The van der Waals surface area contributed by atoms with E-state index in [0.717, 1.165) is 29.3 Å². The van der Waals surface area contributed by atoms with Gasteiger partial charge in [-0.3, -0.25) is 0 Å². The predicted octanol–water partition coefficient (Wildman–Crippen LogP) is 4.60. The molecule has 1 aliphatic rings. The third kappa shape index (κ3) is 3.09. The van der Waals surface area contributed by atoms with Crippen LogP contribution in [0.5, 0.6) is 0 Å². The molecule has 1 saturated carbocycles. The monoisotopic (exact) mass is 265 g/mol. The lowest BCUT2D eigenvalue weighted by Gasteiger charge is -2.09. The molecule has 0 atom stereocenters. The summed E-state index contributed by atoms with van der Waals surface area (Å²) in [5.74, 6) is 0. The van der Waals surface area contributed by atoms with Gasteiger partial charge in [-0.05, 0) is 54.4 Å². The molecule has 0 bridgehead atoms. The zero-order valence-corrected chi connectivity index (χ0v) is 12.2. The maximum atomic E-state index is 9.12. The van der Waals surface area contributed by atoms with Gasteiger partial charge in [0.1, 0.15) is 0 Å². The number of hydrogen-bond acceptors (Lipinski definition) is 1. The average Bonchev–Trinajstić information content (AvgIpc) is 3.11. The van der Waals surface area contributed by atoms with E-state index >= 15 is 0 Å². The molecule has 90 valence electrons. The first-order valence-electron chi connectivity index (χ1n) is 5.85. The molecule has 0 radical (unpaired) electrons. The van der Waals surface area contributed by atoms with Gasteiger partial charge in [0, 0.05) is 5.02 Å². The molecule has 0 aliphatic heterocycles. The van der Waals surface area contributed by atoms with Crippen molar-refractivity contribution in [2.24, 2.45) is 0 Å². The van der Waals surface area contributed by atoms with Crippen LogP contribution in [0.4, 0.5) is 0 Å². The zero-order chi connectivity index (χ0) is 13.1. The minimum atomic E-state index is -0.263. The van der Waals surface area contributed by atoms with E-state index in [1.165, 1.54) is 0 Å². The summed E-state index contributed by atoms with van der Waals surface area (Å²) >= 11 is 6.04. The number of rotatable bonds is 2. The van der Waals surface area contributed by atoms with Crippen LogP contribution in [0.3, 0.4) is 0 Å². The van der Waals surface area contributed by atoms with Crippen molar-refractivity contribution in [3.05, 3.63) is 34.3 Å². The first-order chi connectivity index (χ1) is 8.07. The second kappa shape index (κ2) is 5.67. The Hall–Kier alpha value is -0.830. The fourth-order valence-electron chi connectivity index (χ4n) is 1.67. The third-order valence-electron chi connectivity index (χ3n) is 2.85. The fourth-order valence-corrected chi connectivity index (χ4v) is 2.05. The highest BCUT2D eigenvalue weighted by Gasteiger charge is 2.45. The third-order valence-corrected chi connectivity index (χ3v) is 3.35. The number of nitriles is 1. The molecule has 1 aliphatic carbocycles. The van der Waals surface area contributed by atoms with Crippen LogP contribution in [-0.4, -0.2) is 5.29 Å². The molecule has 0 amide bonds. The maximum Gasteiger partial charge on any atom is 0.0824 e. The molecule has 1 aromatic carbocycles. The Morgan fingerprint density at radius 3 is 2.35 bits per heavy atom. The Balaban J connectivity index is 0.000000686. The summed E-state index contributed by atoms with van der Waals surface area (Å²) in [6.07, 6.45) is 1.90. The first-order valence-corrected chi connectivity index (χ1v) is 6.73. The summed E-state index contributed by atoms with van der Waals surface area (Å²) in [6.45, 7) is 5.97. The van der Waals surface area contributed by atoms with Crippen LogP contribution in [0.25, 0.3) is 0 Å². The van der Waals surface area contributed by atoms with E-state index in [1.54, 1.807) is 0 Å². The normalized spacial score (nSPS) is 15.2. The Kier molecular flexibility index (Phi) is 4.75. The molecule has 0 heterocycles. The number of nitrogens with zero attached hydrogens (tertiary/aromatic N) is 1. The van der Waals surface area contributed by atoms with E-state index < -0.39 is 0 Å². The zero-order valence-electron chi connectivity index (χ0n) is 10.5. The van der Waals surface area contributed by atoms with Gasteiger partial charge in [-0.25, -0.2) is 0 Å². The van der Waals surface area contributed by atoms with Crippen LogP contribution >= 0.6 is 20.5 Å². The molecule has 0 saturated heterocycles. The predicted molar refractivity (Wildman–Crippen MR) is 77.4 cm³/mol. The molecular weight excluding hydrogens is 249 g/mol. The van der Waals surface area contributed by atoms with Gasteiger partial charge in [-0.15, -0.1) is 8.86 Å². The van der Waals surface area contributed by atoms with Gasteiger partial charge in [0.15, 0.2) is 0 Å². The van der Waals surface area contributed by atoms with Gasteiger partial charge in [0.25, 0.3) is 0 Å².